The molecule has 0 bridgehead atoms. The summed E-state index contributed by atoms with van der Waals surface area (Å²) in [5, 5.41) is 8.72. The van der Waals surface area contributed by atoms with E-state index in [1.165, 1.54) is 51.4 Å². The number of hydrogen-bond acceptors (Lipinski definition) is 2. The van der Waals surface area contributed by atoms with E-state index in [-0.39, 0.29) is 6.79 Å². The van der Waals surface area contributed by atoms with Gasteiger partial charge in [0.25, 0.3) is 0 Å². The van der Waals surface area contributed by atoms with E-state index in [0.717, 1.165) is 24.7 Å². The molecule has 16 heavy (non-hydrogen) atoms. The molecule has 2 fully saturated rings. The van der Waals surface area contributed by atoms with Crippen molar-refractivity contribution in [2.24, 2.45) is 11.8 Å². The fourth-order valence-corrected chi connectivity index (χ4v) is 3.53. The first-order valence-electron chi connectivity index (χ1n) is 7.11. The zero-order valence-corrected chi connectivity index (χ0v) is 10.4. The molecule has 2 aliphatic carbocycles. The summed E-state index contributed by atoms with van der Waals surface area (Å²) in [5.41, 5.74) is 0. The van der Waals surface area contributed by atoms with E-state index in [1.54, 1.807) is 0 Å². The van der Waals surface area contributed by atoms with Gasteiger partial charge in [-0.05, 0) is 43.9 Å². The van der Waals surface area contributed by atoms with Crippen LogP contribution in [0.1, 0.15) is 64.2 Å². The minimum Gasteiger partial charge on any atom is -0.371 e. The molecule has 0 aromatic rings. The Morgan fingerprint density at radius 3 is 2.06 bits per heavy atom. The maximum Gasteiger partial charge on any atom is 0.143 e. The molecule has 0 heterocycles. The highest BCUT2D eigenvalue weighted by Crippen LogP contribution is 2.35. The lowest BCUT2D eigenvalue weighted by atomic mass is 9.77. The molecule has 0 atom stereocenters. The van der Waals surface area contributed by atoms with Gasteiger partial charge in [-0.1, -0.05) is 32.1 Å². The summed E-state index contributed by atoms with van der Waals surface area (Å²) in [6, 6.07) is 0. The first-order valence-corrected chi connectivity index (χ1v) is 7.11. The van der Waals surface area contributed by atoms with Crippen molar-refractivity contribution in [2.45, 2.75) is 70.3 Å². The third-order valence-corrected chi connectivity index (χ3v) is 4.50. The topological polar surface area (TPSA) is 29.5 Å². The van der Waals surface area contributed by atoms with Crippen LogP contribution in [0.4, 0.5) is 0 Å². The standard InChI is InChI=1S/C14H26O2/c15-11-16-14-8-6-13(7-9-14)10-12-4-2-1-3-5-12/h12-15H,1-11H2. The Labute approximate surface area is 99.4 Å². The predicted octanol–water partition coefficient (Wildman–Crippen LogP) is 3.48. The Balaban J connectivity index is 1.64. The predicted molar refractivity (Wildman–Crippen MR) is 65.1 cm³/mol. The number of hydrogen-bond donors (Lipinski definition) is 1. The number of aliphatic hydroxyl groups excluding tert-OH is 1. The van der Waals surface area contributed by atoms with Crippen LogP contribution < -0.4 is 0 Å². The van der Waals surface area contributed by atoms with Gasteiger partial charge in [0.05, 0.1) is 6.10 Å². The Morgan fingerprint density at radius 1 is 0.812 bits per heavy atom. The molecule has 2 nitrogen and oxygen atoms in total. The molecule has 0 aliphatic heterocycles. The summed E-state index contributed by atoms with van der Waals surface area (Å²) in [6.07, 6.45) is 14.1. The van der Waals surface area contributed by atoms with Gasteiger partial charge >= 0.3 is 0 Å². The summed E-state index contributed by atoms with van der Waals surface area (Å²) in [7, 11) is 0. The molecular formula is C14H26O2. The van der Waals surface area contributed by atoms with Gasteiger partial charge in [0.1, 0.15) is 6.79 Å². The number of rotatable bonds is 4. The zero-order chi connectivity index (χ0) is 11.2. The minimum absolute atomic E-state index is 0.0992. The highest BCUT2D eigenvalue weighted by Gasteiger charge is 2.24. The molecule has 0 radical (unpaired) electrons. The molecule has 0 unspecified atom stereocenters. The molecule has 0 spiro atoms. The van der Waals surface area contributed by atoms with Crippen LogP contribution >= 0.6 is 0 Å². The summed E-state index contributed by atoms with van der Waals surface area (Å²) in [6.45, 7) is -0.0992. The van der Waals surface area contributed by atoms with Crippen LogP contribution in [0.25, 0.3) is 0 Å². The maximum atomic E-state index is 8.72. The Morgan fingerprint density at radius 2 is 1.44 bits per heavy atom. The van der Waals surface area contributed by atoms with Gasteiger partial charge in [0.15, 0.2) is 0 Å². The lowest BCUT2D eigenvalue weighted by molar-refractivity contribution is -0.0681. The van der Waals surface area contributed by atoms with Gasteiger partial charge in [-0.3, -0.25) is 0 Å². The lowest BCUT2D eigenvalue weighted by Crippen LogP contribution is -2.23. The normalized spacial score (nSPS) is 32.8. The van der Waals surface area contributed by atoms with Crippen molar-refractivity contribution in [1.29, 1.82) is 0 Å². The van der Waals surface area contributed by atoms with Crippen molar-refractivity contribution >= 4 is 0 Å². The number of ether oxygens (including phenoxy) is 1. The van der Waals surface area contributed by atoms with Gasteiger partial charge < -0.3 is 9.84 Å². The second kappa shape index (κ2) is 6.61. The Bertz CT molecular complexity index is 179. The largest absolute Gasteiger partial charge is 0.371 e. The smallest absolute Gasteiger partial charge is 0.143 e. The molecule has 94 valence electrons. The summed E-state index contributed by atoms with van der Waals surface area (Å²) in [4.78, 5) is 0. The van der Waals surface area contributed by atoms with Gasteiger partial charge in [-0.2, -0.15) is 0 Å². The zero-order valence-electron chi connectivity index (χ0n) is 10.4. The van der Waals surface area contributed by atoms with Gasteiger partial charge in [-0.15, -0.1) is 0 Å². The molecule has 0 aromatic carbocycles. The average Bonchev–Trinajstić information content (AvgIpc) is 2.33. The summed E-state index contributed by atoms with van der Waals surface area (Å²) < 4.78 is 5.28. The van der Waals surface area contributed by atoms with Crippen molar-refractivity contribution in [3.05, 3.63) is 0 Å². The van der Waals surface area contributed by atoms with Crippen LogP contribution in [0.2, 0.25) is 0 Å². The third kappa shape index (κ3) is 3.74. The van der Waals surface area contributed by atoms with Gasteiger partial charge in [-0.25, -0.2) is 0 Å². The van der Waals surface area contributed by atoms with Crippen LogP contribution in [0, 0.1) is 11.8 Å². The van der Waals surface area contributed by atoms with E-state index in [4.69, 9.17) is 9.84 Å². The second-order valence-electron chi connectivity index (χ2n) is 5.68. The van der Waals surface area contributed by atoms with E-state index >= 15 is 0 Å². The average molecular weight is 226 g/mol. The van der Waals surface area contributed by atoms with Crippen molar-refractivity contribution in [2.75, 3.05) is 6.79 Å². The van der Waals surface area contributed by atoms with E-state index in [1.807, 2.05) is 0 Å². The molecule has 2 heteroatoms. The van der Waals surface area contributed by atoms with Gasteiger partial charge in [0.2, 0.25) is 0 Å². The van der Waals surface area contributed by atoms with Crippen LogP contribution in [-0.2, 0) is 4.74 Å². The van der Waals surface area contributed by atoms with Crippen LogP contribution in [0.3, 0.4) is 0 Å². The molecule has 0 saturated heterocycles. The summed E-state index contributed by atoms with van der Waals surface area (Å²) >= 11 is 0. The molecular weight excluding hydrogens is 200 g/mol. The molecule has 0 amide bonds. The highest BCUT2D eigenvalue weighted by molar-refractivity contribution is 4.76. The molecule has 2 rings (SSSR count). The van der Waals surface area contributed by atoms with E-state index < -0.39 is 0 Å². The Kier molecular flexibility index (Phi) is 5.11. The SMILES string of the molecule is OCOC1CCC(CC2CCCCC2)CC1. The van der Waals surface area contributed by atoms with Crippen LogP contribution in [0.5, 0.6) is 0 Å². The van der Waals surface area contributed by atoms with E-state index in [0.29, 0.717) is 6.10 Å². The first-order chi connectivity index (χ1) is 7.88. The highest BCUT2D eigenvalue weighted by atomic mass is 16.6. The van der Waals surface area contributed by atoms with Crippen molar-refractivity contribution in [3.63, 3.8) is 0 Å². The van der Waals surface area contributed by atoms with Crippen LogP contribution in [-0.4, -0.2) is 18.0 Å². The lowest BCUT2D eigenvalue weighted by Gasteiger charge is -2.31. The fourth-order valence-electron chi connectivity index (χ4n) is 3.53. The summed E-state index contributed by atoms with van der Waals surface area (Å²) in [5.74, 6) is 1.97. The van der Waals surface area contributed by atoms with Crippen molar-refractivity contribution in [1.82, 2.24) is 0 Å². The third-order valence-electron chi connectivity index (χ3n) is 4.50. The molecule has 2 aliphatic rings. The van der Waals surface area contributed by atoms with E-state index in [9.17, 15) is 0 Å². The Hall–Kier alpha value is -0.0800. The fraction of sp³-hybridized carbons (Fsp3) is 1.00. The van der Waals surface area contributed by atoms with E-state index in [2.05, 4.69) is 0 Å². The quantitative estimate of drug-likeness (QED) is 0.744. The molecule has 1 N–H and O–H groups in total. The second-order valence-corrected chi connectivity index (χ2v) is 5.68. The van der Waals surface area contributed by atoms with Gasteiger partial charge in [0, 0.05) is 0 Å². The molecule has 0 aromatic heterocycles. The number of aliphatic hydroxyl groups is 1. The maximum absolute atomic E-state index is 8.72. The first kappa shape index (κ1) is 12.4. The molecule has 2 saturated carbocycles. The monoisotopic (exact) mass is 226 g/mol. The van der Waals surface area contributed by atoms with Crippen molar-refractivity contribution in [3.8, 4) is 0 Å². The minimum atomic E-state index is -0.0992. The van der Waals surface area contributed by atoms with Crippen LogP contribution in [0.15, 0.2) is 0 Å². The van der Waals surface area contributed by atoms with Crippen molar-refractivity contribution < 1.29 is 9.84 Å².